The number of hydrogen-bond acceptors (Lipinski definition) is 2. The van der Waals surface area contributed by atoms with Crippen molar-refractivity contribution in [1.29, 1.82) is 0 Å². The third kappa shape index (κ3) is 2.73. The number of aryl methyl sites for hydroxylation is 1. The summed E-state index contributed by atoms with van der Waals surface area (Å²) in [6, 6.07) is 1.82. The molecule has 3 heteroatoms. The average molecular weight is 239 g/mol. The Morgan fingerprint density at radius 1 is 1.25 bits per heavy atom. The summed E-state index contributed by atoms with van der Waals surface area (Å²) in [6.07, 6.45) is 6.38. The SMILES string of the molecule is CCC1CCC(c2nc(C)cc(Cl)n2)CC1. The standard InChI is InChI=1S/C13H19ClN2/c1-3-10-4-6-11(7-5-10)13-15-9(2)8-12(14)16-13/h8,10-11H,3-7H2,1-2H3. The Labute approximate surface area is 102 Å². The summed E-state index contributed by atoms with van der Waals surface area (Å²) >= 11 is 5.97. The first-order valence-corrected chi connectivity index (χ1v) is 6.58. The molecule has 1 fully saturated rings. The molecule has 0 spiro atoms. The molecule has 1 aliphatic carbocycles. The van der Waals surface area contributed by atoms with Crippen LogP contribution < -0.4 is 0 Å². The first-order valence-electron chi connectivity index (χ1n) is 6.20. The molecule has 0 atom stereocenters. The number of halogens is 1. The predicted octanol–water partition coefficient (Wildman–Crippen LogP) is 4.12. The van der Waals surface area contributed by atoms with Crippen LogP contribution in [0.1, 0.15) is 56.5 Å². The van der Waals surface area contributed by atoms with Gasteiger partial charge < -0.3 is 0 Å². The van der Waals surface area contributed by atoms with Crippen molar-refractivity contribution >= 4 is 11.6 Å². The fraction of sp³-hybridized carbons (Fsp3) is 0.692. The Bertz CT molecular complexity index is 337. The van der Waals surface area contributed by atoms with Crippen LogP contribution in [0.25, 0.3) is 0 Å². The largest absolute Gasteiger partial charge is 0.238 e. The molecule has 0 N–H and O–H groups in total. The van der Waals surface area contributed by atoms with E-state index in [-0.39, 0.29) is 0 Å². The second-order valence-corrected chi connectivity index (χ2v) is 5.20. The smallest absolute Gasteiger partial charge is 0.133 e. The molecule has 16 heavy (non-hydrogen) atoms. The molecule has 88 valence electrons. The van der Waals surface area contributed by atoms with E-state index in [2.05, 4.69) is 16.9 Å². The zero-order chi connectivity index (χ0) is 11.5. The molecule has 2 rings (SSSR count). The summed E-state index contributed by atoms with van der Waals surface area (Å²) in [4.78, 5) is 8.88. The van der Waals surface area contributed by atoms with Gasteiger partial charge in [-0.25, -0.2) is 9.97 Å². The minimum atomic E-state index is 0.528. The molecule has 1 aromatic heterocycles. The highest BCUT2D eigenvalue weighted by molar-refractivity contribution is 6.29. The minimum absolute atomic E-state index is 0.528. The van der Waals surface area contributed by atoms with Gasteiger partial charge >= 0.3 is 0 Å². The highest BCUT2D eigenvalue weighted by Crippen LogP contribution is 2.35. The van der Waals surface area contributed by atoms with Gasteiger partial charge in [-0.2, -0.15) is 0 Å². The van der Waals surface area contributed by atoms with Gasteiger partial charge in [-0.1, -0.05) is 24.9 Å². The minimum Gasteiger partial charge on any atom is -0.238 e. The molecular formula is C13H19ClN2. The summed E-state index contributed by atoms with van der Waals surface area (Å²) in [5, 5.41) is 0.583. The van der Waals surface area contributed by atoms with Crippen LogP contribution in [0.3, 0.4) is 0 Å². The van der Waals surface area contributed by atoms with E-state index < -0.39 is 0 Å². The number of hydrogen-bond donors (Lipinski definition) is 0. The molecule has 2 nitrogen and oxygen atoms in total. The Kier molecular flexibility index (Phi) is 3.80. The van der Waals surface area contributed by atoms with E-state index in [1.54, 1.807) is 0 Å². The maximum Gasteiger partial charge on any atom is 0.133 e. The molecule has 1 heterocycles. The maximum atomic E-state index is 5.97. The fourth-order valence-electron chi connectivity index (χ4n) is 2.56. The van der Waals surface area contributed by atoms with Crippen LogP contribution in [0.4, 0.5) is 0 Å². The van der Waals surface area contributed by atoms with Crippen molar-refractivity contribution in [3.05, 3.63) is 22.7 Å². The third-order valence-electron chi connectivity index (χ3n) is 3.63. The molecule has 0 radical (unpaired) electrons. The number of rotatable bonds is 2. The van der Waals surface area contributed by atoms with E-state index in [4.69, 9.17) is 11.6 Å². The van der Waals surface area contributed by atoms with E-state index in [1.165, 1.54) is 32.1 Å². The van der Waals surface area contributed by atoms with Gasteiger partial charge in [0.05, 0.1) is 0 Å². The molecular weight excluding hydrogens is 220 g/mol. The lowest BCUT2D eigenvalue weighted by atomic mass is 9.80. The molecule has 1 aliphatic rings. The van der Waals surface area contributed by atoms with Gasteiger partial charge in [0.25, 0.3) is 0 Å². The van der Waals surface area contributed by atoms with Gasteiger partial charge in [-0.05, 0) is 44.6 Å². The van der Waals surface area contributed by atoms with Gasteiger partial charge in [0.2, 0.25) is 0 Å². The van der Waals surface area contributed by atoms with Crippen LogP contribution in [-0.4, -0.2) is 9.97 Å². The Balaban J connectivity index is 2.08. The van der Waals surface area contributed by atoms with Crippen molar-refractivity contribution in [2.75, 3.05) is 0 Å². The fourth-order valence-corrected chi connectivity index (χ4v) is 2.81. The van der Waals surface area contributed by atoms with Crippen LogP contribution in [0.5, 0.6) is 0 Å². The van der Waals surface area contributed by atoms with Crippen LogP contribution in [-0.2, 0) is 0 Å². The van der Waals surface area contributed by atoms with Gasteiger partial charge in [-0.15, -0.1) is 0 Å². The lowest BCUT2D eigenvalue weighted by molar-refractivity contribution is 0.312. The van der Waals surface area contributed by atoms with Crippen LogP contribution in [0.15, 0.2) is 6.07 Å². The summed E-state index contributed by atoms with van der Waals surface area (Å²) in [6.45, 7) is 4.26. The molecule has 0 aliphatic heterocycles. The molecule has 0 aromatic carbocycles. The van der Waals surface area contributed by atoms with Crippen LogP contribution in [0.2, 0.25) is 5.15 Å². The summed E-state index contributed by atoms with van der Waals surface area (Å²) < 4.78 is 0. The van der Waals surface area contributed by atoms with Crippen molar-refractivity contribution in [1.82, 2.24) is 9.97 Å². The second kappa shape index (κ2) is 5.13. The lowest BCUT2D eigenvalue weighted by Crippen LogP contribution is -2.15. The molecule has 1 saturated carbocycles. The quantitative estimate of drug-likeness (QED) is 0.725. The highest BCUT2D eigenvalue weighted by Gasteiger charge is 2.23. The average Bonchev–Trinajstić information content (AvgIpc) is 2.28. The van der Waals surface area contributed by atoms with Crippen molar-refractivity contribution in [3.8, 4) is 0 Å². The van der Waals surface area contributed by atoms with Crippen molar-refractivity contribution in [2.24, 2.45) is 5.92 Å². The Morgan fingerprint density at radius 2 is 1.94 bits per heavy atom. The molecule has 0 bridgehead atoms. The van der Waals surface area contributed by atoms with E-state index >= 15 is 0 Å². The topological polar surface area (TPSA) is 25.8 Å². The Morgan fingerprint density at radius 3 is 2.50 bits per heavy atom. The molecule has 0 unspecified atom stereocenters. The zero-order valence-electron chi connectivity index (χ0n) is 10.0. The van der Waals surface area contributed by atoms with Gasteiger partial charge in [0, 0.05) is 11.6 Å². The first-order chi connectivity index (χ1) is 7.69. The van der Waals surface area contributed by atoms with Gasteiger partial charge in [0.1, 0.15) is 11.0 Å². The van der Waals surface area contributed by atoms with E-state index in [1.807, 2.05) is 13.0 Å². The third-order valence-corrected chi connectivity index (χ3v) is 3.82. The summed E-state index contributed by atoms with van der Waals surface area (Å²) in [5.74, 6) is 2.40. The van der Waals surface area contributed by atoms with Crippen molar-refractivity contribution in [2.45, 2.75) is 51.9 Å². The van der Waals surface area contributed by atoms with Gasteiger partial charge in [-0.3, -0.25) is 0 Å². The van der Waals surface area contributed by atoms with Crippen molar-refractivity contribution < 1.29 is 0 Å². The second-order valence-electron chi connectivity index (χ2n) is 4.82. The summed E-state index contributed by atoms with van der Waals surface area (Å²) in [5.41, 5.74) is 0.979. The van der Waals surface area contributed by atoms with E-state index in [0.717, 1.165) is 17.4 Å². The monoisotopic (exact) mass is 238 g/mol. The lowest BCUT2D eigenvalue weighted by Gasteiger charge is -2.26. The number of nitrogens with zero attached hydrogens (tertiary/aromatic N) is 2. The maximum absolute atomic E-state index is 5.97. The van der Waals surface area contributed by atoms with Gasteiger partial charge in [0.15, 0.2) is 0 Å². The summed E-state index contributed by atoms with van der Waals surface area (Å²) in [7, 11) is 0. The van der Waals surface area contributed by atoms with E-state index in [9.17, 15) is 0 Å². The molecule has 0 amide bonds. The van der Waals surface area contributed by atoms with Crippen LogP contribution in [0, 0.1) is 12.8 Å². The Hall–Kier alpha value is -0.630. The first kappa shape index (κ1) is 11.8. The normalized spacial score (nSPS) is 25.7. The van der Waals surface area contributed by atoms with E-state index in [0.29, 0.717) is 11.1 Å². The predicted molar refractivity (Wildman–Crippen MR) is 66.8 cm³/mol. The number of aromatic nitrogens is 2. The molecule has 0 saturated heterocycles. The zero-order valence-corrected chi connectivity index (χ0v) is 10.8. The highest BCUT2D eigenvalue weighted by atomic mass is 35.5. The van der Waals surface area contributed by atoms with Crippen molar-refractivity contribution in [3.63, 3.8) is 0 Å². The van der Waals surface area contributed by atoms with Crippen LogP contribution >= 0.6 is 11.6 Å². The molecule has 1 aromatic rings.